The number of ether oxygens (including phenoxy) is 2. The van der Waals surface area contributed by atoms with Crippen LogP contribution in [0.3, 0.4) is 0 Å². The number of hydrogen-bond donors (Lipinski definition) is 0. The fraction of sp³-hybridized carbons (Fsp3) is 0.238. The van der Waals surface area contributed by atoms with Crippen molar-refractivity contribution in [1.82, 2.24) is 4.90 Å². The molecule has 0 aliphatic carbocycles. The van der Waals surface area contributed by atoms with Crippen LogP contribution in [0.1, 0.15) is 18.1 Å². The zero-order valence-electron chi connectivity index (χ0n) is 15.2. The van der Waals surface area contributed by atoms with Crippen molar-refractivity contribution >= 4 is 18.0 Å². The highest BCUT2D eigenvalue weighted by molar-refractivity contribution is 5.90. The Morgan fingerprint density at radius 2 is 1.85 bits per heavy atom. The molecule has 0 heterocycles. The van der Waals surface area contributed by atoms with Gasteiger partial charge in [-0.2, -0.15) is 0 Å². The van der Waals surface area contributed by atoms with Gasteiger partial charge in [0.15, 0.2) is 6.10 Å². The molecule has 136 valence electrons. The number of benzene rings is 2. The molecule has 0 unspecified atom stereocenters. The van der Waals surface area contributed by atoms with Crippen LogP contribution in [0.15, 0.2) is 60.7 Å². The van der Waals surface area contributed by atoms with E-state index in [1.807, 2.05) is 48.5 Å². The molecule has 0 aromatic heterocycles. The Bertz CT molecular complexity index is 771. The van der Waals surface area contributed by atoms with Crippen LogP contribution in [-0.4, -0.2) is 37.0 Å². The Morgan fingerprint density at radius 1 is 1.12 bits per heavy atom. The lowest BCUT2D eigenvalue weighted by Gasteiger charge is -2.21. The molecule has 2 aromatic carbocycles. The van der Waals surface area contributed by atoms with Crippen LogP contribution in [0.2, 0.25) is 0 Å². The Labute approximate surface area is 153 Å². The van der Waals surface area contributed by atoms with Gasteiger partial charge in [-0.05, 0) is 36.3 Å². The molecule has 2 aromatic rings. The Hall–Kier alpha value is -3.08. The van der Waals surface area contributed by atoms with Gasteiger partial charge in [-0.1, -0.05) is 42.5 Å². The second-order valence-corrected chi connectivity index (χ2v) is 5.87. The first kappa shape index (κ1) is 19.2. The first-order chi connectivity index (χ1) is 12.5. The van der Waals surface area contributed by atoms with Crippen LogP contribution in [0.25, 0.3) is 6.08 Å². The lowest BCUT2D eigenvalue weighted by molar-refractivity contribution is -0.154. The quantitative estimate of drug-likeness (QED) is 0.566. The maximum absolute atomic E-state index is 12.3. The standard InChI is InChI=1S/C21H23NO4/c1-16(21(24)22(2)15-18-8-5-4-6-9-18)26-20(23)13-12-17-10-7-11-19(14-17)25-3/h4-14,16H,15H2,1-3H3/b13-12+/t16-/m0/s1. The first-order valence-corrected chi connectivity index (χ1v) is 8.31. The van der Waals surface area contributed by atoms with Gasteiger partial charge in [0, 0.05) is 19.7 Å². The molecule has 5 heteroatoms. The zero-order chi connectivity index (χ0) is 18.9. The van der Waals surface area contributed by atoms with E-state index < -0.39 is 12.1 Å². The third-order valence-corrected chi connectivity index (χ3v) is 3.79. The van der Waals surface area contributed by atoms with Gasteiger partial charge in [0.25, 0.3) is 5.91 Å². The number of nitrogens with zero attached hydrogens (tertiary/aromatic N) is 1. The van der Waals surface area contributed by atoms with Crippen LogP contribution in [0.4, 0.5) is 0 Å². The normalized spacial score (nSPS) is 11.8. The van der Waals surface area contributed by atoms with Crippen molar-refractivity contribution in [3.8, 4) is 5.75 Å². The lowest BCUT2D eigenvalue weighted by Crippen LogP contribution is -2.36. The van der Waals surface area contributed by atoms with Gasteiger partial charge in [0.2, 0.25) is 0 Å². The maximum Gasteiger partial charge on any atom is 0.331 e. The number of esters is 1. The number of amides is 1. The molecule has 1 atom stereocenters. The predicted molar refractivity (Wildman–Crippen MR) is 100 cm³/mol. The van der Waals surface area contributed by atoms with E-state index in [1.54, 1.807) is 38.1 Å². The Kier molecular flexibility index (Phi) is 6.97. The van der Waals surface area contributed by atoms with Gasteiger partial charge in [0.05, 0.1) is 7.11 Å². The third-order valence-electron chi connectivity index (χ3n) is 3.79. The lowest BCUT2D eigenvalue weighted by atomic mass is 10.2. The number of methoxy groups -OCH3 is 1. The molecule has 5 nitrogen and oxygen atoms in total. The van der Waals surface area contributed by atoms with Gasteiger partial charge in [-0.25, -0.2) is 4.79 Å². The van der Waals surface area contributed by atoms with Crippen molar-refractivity contribution in [3.05, 3.63) is 71.8 Å². The molecule has 26 heavy (non-hydrogen) atoms. The minimum atomic E-state index is -0.855. The van der Waals surface area contributed by atoms with E-state index in [-0.39, 0.29) is 5.91 Å². The first-order valence-electron chi connectivity index (χ1n) is 8.31. The fourth-order valence-corrected chi connectivity index (χ4v) is 2.42. The summed E-state index contributed by atoms with van der Waals surface area (Å²) in [6.45, 7) is 2.03. The van der Waals surface area contributed by atoms with Gasteiger partial charge >= 0.3 is 5.97 Å². The van der Waals surface area contributed by atoms with Crippen molar-refractivity contribution in [3.63, 3.8) is 0 Å². The summed E-state index contributed by atoms with van der Waals surface area (Å²) in [7, 11) is 3.27. The van der Waals surface area contributed by atoms with Crippen molar-refractivity contribution < 1.29 is 19.1 Å². The summed E-state index contributed by atoms with van der Waals surface area (Å²) in [6.07, 6.45) is 2.07. The largest absolute Gasteiger partial charge is 0.497 e. The summed E-state index contributed by atoms with van der Waals surface area (Å²) >= 11 is 0. The summed E-state index contributed by atoms with van der Waals surface area (Å²) < 4.78 is 10.3. The van der Waals surface area contributed by atoms with Crippen molar-refractivity contribution in [2.45, 2.75) is 19.6 Å². The summed E-state index contributed by atoms with van der Waals surface area (Å²) in [5.74, 6) is -0.120. The minimum absolute atomic E-state index is 0.253. The number of rotatable bonds is 7. The fourth-order valence-electron chi connectivity index (χ4n) is 2.42. The summed E-state index contributed by atoms with van der Waals surface area (Å²) in [6, 6.07) is 16.9. The molecule has 0 aliphatic heterocycles. The average molecular weight is 353 g/mol. The van der Waals surface area contributed by atoms with Gasteiger partial charge in [-0.15, -0.1) is 0 Å². The van der Waals surface area contributed by atoms with E-state index in [4.69, 9.17) is 9.47 Å². The Balaban J connectivity index is 1.88. The highest BCUT2D eigenvalue weighted by Crippen LogP contribution is 2.14. The van der Waals surface area contributed by atoms with E-state index in [0.717, 1.165) is 11.1 Å². The van der Waals surface area contributed by atoms with Crippen molar-refractivity contribution in [2.24, 2.45) is 0 Å². The third kappa shape index (κ3) is 5.77. The van der Waals surface area contributed by atoms with E-state index in [1.165, 1.54) is 6.08 Å². The summed E-state index contributed by atoms with van der Waals surface area (Å²) in [5, 5.41) is 0. The number of carbonyl (C=O) groups excluding carboxylic acids is 2. The molecule has 0 spiro atoms. The highest BCUT2D eigenvalue weighted by atomic mass is 16.5. The van der Waals surface area contributed by atoms with Gasteiger partial charge < -0.3 is 14.4 Å². The van der Waals surface area contributed by atoms with Crippen LogP contribution in [-0.2, 0) is 20.9 Å². The maximum atomic E-state index is 12.3. The van der Waals surface area contributed by atoms with Crippen molar-refractivity contribution in [1.29, 1.82) is 0 Å². The minimum Gasteiger partial charge on any atom is -0.497 e. The number of hydrogen-bond acceptors (Lipinski definition) is 4. The Morgan fingerprint density at radius 3 is 2.54 bits per heavy atom. The van der Waals surface area contributed by atoms with E-state index >= 15 is 0 Å². The SMILES string of the molecule is COc1cccc(/C=C/C(=O)O[C@@H](C)C(=O)N(C)Cc2ccccc2)c1. The van der Waals surface area contributed by atoms with Crippen LogP contribution in [0, 0.1) is 0 Å². The molecule has 0 aliphatic rings. The molecule has 0 fully saturated rings. The molecule has 0 N–H and O–H groups in total. The molecule has 0 saturated carbocycles. The predicted octanol–water partition coefficient (Wildman–Crippen LogP) is 3.30. The summed E-state index contributed by atoms with van der Waals surface area (Å²) in [4.78, 5) is 25.8. The molecule has 0 saturated heterocycles. The van der Waals surface area contributed by atoms with Gasteiger partial charge in [0.1, 0.15) is 5.75 Å². The molecule has 2 rings (SSSR count). The topological polar surface area (TPSA) is 55.8 Å². The van der Waals surface area contributed by atoms with Crippen LogP contribution < -0.4 is 4.74 Å². The molecule has 1 amide bonds. The average Bonchev–Trinajstić information content (AvgIpc) is 2.66. The van der Waals surface area contributed by atoms with E-state index in [9.17, 15) is 9.59 Å². The van der Waals surface area contributed by atoms with Crippen molar-refractivity contribution in [2.75, 3.05) is 14.2 Å². The van der Waals surface area contributed by atoms with Gasteiger partial charge in [-0.3, -0.25) is 4.79 Å². The van der Waals surface area contributed by atoms with Crippen LogP contribution in [0.5, 0.6) is 5.75 Å². The molecule has 0 bridgehead atoms. The monoisotopic (exact) mass is 353 g/mol. The number of carbonyl (C=O) groups is 2. The van der Waals surface area contributed by atoms with Crippen LogP contribution >= 0.6 is 0 Å². The van der Waals surface area contributed by atoms with E-state index in [2.05, 4.69) is 0 Å². The number of likely N-dealkylation sites (N-methyl/N-ethyl adjacent to an activating group) is 1. The second-order valence-electron chi connectivity index (χ2n) is 5.87. The highest BCUT2D eigenvalue weighted by Gasteiger charge is 2.20. The zero-order valence-corrected chi connectivity index (χ0v) is 15.2. The molecular formula is C21H23NO4. The summed E-state index contributed by atoms with van der Waals surface area (Å²) in [5.41, 5.74) is 1.82. The smallest absolute Gasteiger partial charge is 0.331 e. The molecular weight excluding hydrogens is 330 g/mol. The molecule has 0 radical (unpaired) electrons. The second kappa shape index (κ2) is 9.42. The van der Waals surface area contributed by atoms with E-state index in [0.29, 0.717) is 12.3 Å².